The van der Waals surface area contributed by atoms with Crippen molar-refractivity contribution in [1.29, 1.82) is 0 Å². The second-order valence-corrected chi connectivity index (χ2v) is 7.27. The topological polar surface area (TPSA) is 72.7 Å². The first-order valence-electron chi connectivity index (χ1n) is 8.14. The normalized spacial score (nSPS) is 12.0. The number of aromatic nitrogens is 4. The predicted octanol–water partition coefficient (Wildman–Crippen LogP) is 3.68. The van der Waals surface area contributed by atoms with E-state index < -0.39 is 22.8 Å². The van der Waals surface area contributed by atoms with Crippen LogP contribution in [0.3, 0.4) is 0 Å². The predicted molar refractivity (Wildman–Crippen MR) is 98.9 cm³/mol. The first-order chi connectivity index (χ1) is 12.9. The number of hydrogen-bond acceptors (Lipinski definition) is 5. The number of carbonyl (C=O) groups is 1. The third-order valence-electron chi connectivity index (χ3n) is 4.09. The van der Waals surface area contributed by atoms with Crippen LogP contribution in [-0.2, 0) is 4.79 Å². The Bertz CT molecular complexity index is 992. The lowest BCUT2D eigenvalue weighted by atomic mass is 10.1. The molecule has 1 atom stereocenters. The molecule has 0 aliphatic carbocycles. The fourth-order valence-electron chi connectivity index (χ4n) is 2.41. The lowest BCUT2D eigenvalue weighted by Crippen LogP contribution is -2.23. The molecule has 27 heavy (non-hydrogen) atoms. The molecule has 1 unspecified atom stereocenters. The standard InChI is InChI=1S/C18H17F2N5OS/c1-10-5-4-6-16(11(10)2)25-18(22-23-24-25)27-12(3)17(26)21-15-8-7-13(19)9-14(15)20/h4-9,12H,1-3H3,(H,21,26). The van der Waals surface area contributed by atoms with E-state index in [2.05, 4.69) is 20.8 Å². The molecule has 0 aliphatic rings. The minimum absolute atomic E-state index is 0.0806. The van der Waals surface area contributed by atoms with Crippen molar-refractivity contribution in [3.8, 4) is 5.69 Å². The van der Waals surface area contributed by atoms with Crippen molar-refractivity contribution in [2.45, 2.75) is 31.2 Å². The molecular formula is C18H17F2N5OS. The van der Waals surface area contributed by atoms with Gasteiger partial charge in [0.05, 0.1) is 16.6 Å². The molecule has 1 heterocycles. The van der Waals surface area contributed by atoms with Gasteiger partial charge in [-0.15, -0.1) is 5.10 Å². The number of thioether (sulfide) groups is 1. The van der Waals surface area contributed by atoms with Gasteiger partial charge in [0.2, 0.25) is 11.1 Å². The number of hydrogen-bond donors (Lipinski definition) is 1. The van der Waals surface area contributed by atoms with Crippen molar-refractivity contribution in [3.63, 3.8) is 0 Å². The van der Waals surface area contributed by atoms with Crippen LogP contribution in [0.1, 0.15) is 18.1 Å². The molecule has 0 spiro atoms. The third kappa shape index (κ3) is 4.13. The van der Waals surface area contributed by atoms with Crippen LogP contribution in [0.2, 0.25) is 0 Å². The smallest absolute Gasteiger partial charge is 0.237 e. The van der Waals surface area contributed by atoms with Crippen LogP contribution in [0, 0.1) is 25.5 Å². The highest BCUT2D eigenvalue weighted by Gasteiger charge is 2.21. The summed E-state index contributed by atoms with van der Waals surface area (Å²) in [6.07, 6.45) is 0. The molecule has 140 valence electrons. The van der Waals surface area contributed by atoms with Crippen LogP contribution in [0.5, 0.6) is 0 Å². The van der Waals surface area contributed by atoms with Crippen LogP contribution in [0.25, 0.3) is 5.69 Å². The van der Waals surface area contributed by atoms with E-state index >= 15 is 0 Å². The molecule has 3 aromatic rings. The van der Waals surface area contributed by atoms with Crippen LogP contribution in [0.15, 0.2) is 41.6 Å². The maximum atomic E-state index is 13.7. The number of aryl methyl sites for hydroxylation is 1. The molecule has 1 N–H and O–H groups in total. The molecule has 0 radical (unpaired) electrons. The number of benzene rings is 2. The molecular weight excluding hydrogens is 372 g/mol. The van der Waals surface area contributed by atoms with Crippen LogP contribution in [0.4, 0.5) is 14.5 Å². The number of nitrogens with zero attached hydrogens (tertiary/aromatic N) is 4. The molecule has 0 saturated carbocycles. The molecule has 1 amide bonds. The Morgan fingerprint density at radius 2 is 2.00 bits per heavy atom. The van der Waals surface area contributed by atoms with Gasteiger partial charge in [0.15, 0.2) is 0 Å². The molecule has 6 nitrogen and oxygen atoms in total. The summed E-state index contributed by atoms with van der Waals surface area (Å²) >= 11 is 1.14. The quantitative estimate of drug-likeness (QED) is 0.674. The number of carbonyl (C=O) groups excluding carboxylic acids is 1. The fraction of sp³-hybridized carbons (Fsp3) is 0.222. The zero-order chi connectivity index (χ0) is 19.6. The monoisotopic (exact) mass is 389 g/mol. The number of tetrazole rings is 1. The van der Waals surface area contributed by atoms with E-state index in [4.69, 9.17) is 0 Å². The Kier molecular flexibility index (Phi) is 5.50. The molecule has 0 saturated heterocycles. The maximum absolute atomic E-state index is 13.7. The van der Waals surface area contributed by atoms with Gasteiger partial charge in [-0.05, 0) is 60.5 Å². The number of amides is 1. The largest absolute Gasteiger partial charge is 0.323 e. The van der Waals surface area contributed by atoms with Gasteiger partial charge in [0.25, 0.3) is 0 Å². The summed E-state index contributed by atoms with van der Waals surface area (Å²) in [5.41, 5.74) is 2.86. The van der Waals surface area contributed by atoms with E-state index in [1.54, 1.807) is 11.6 Å². The first kappa shape index (κ1) is 19.0. The number of rotatable bonds is 5. The van der Waals surface area contributed by atoms with E-state index in [1.165, 1.54) is 6.07 Å². The first-order valence-corrected chi connectivity index (χ1v) is 9.02. The lowest BCUT2D eigenvalue weighted by Gasteiger charge is -2.13. The van der Waals surface area contributed by atoms with E-state index in [-0.39, 0.29) is 5.69 Å². The summed E-state index contributed by atoms with van der Waals surface area (Å²) in [4.78, 5) is 12.4. The molecule has 3 rings (SSSR count). The Morgan fingerprint density at radius 3 is 2.74 bits per heavy atom. The van der Waals surface area contributed by atoms with E-state index in [9.17, 15) is 13.6 Å². The van der Waals surface area contributed by atoms with Gasteiger partial charge in [0, 0.05) is 6.07 Å². The Labute approximate surface area is 159 Å². The Hall–Kier alpha value is -2.81. The number of nitrogens with one attached hydrogen (secondary N) is 1. The van der Waals surface area contributed by atoms with Crippen molar-refractivity contribution < 1.29 is 13.6 Å². The second kappa shape index (κ2) is 7.83. The average Bonchev–Trinajstić information content (AvgIpc) is 3.07. The summed E-state index contributed by atoms with van der Waals surface area (Å²) in [6.45, 7) is 5.61. The molecule has 0 aliphatic heterocycles. The summed E-state index contributed by atoms with van der Waals surface area (Å²) in [5.74, 6) is -1.98. The third-order valence-corrected chi connectivity index (χ3v) is 5.12. The molecule has 0 bridgehead atoms. The van der Waals surface area contributed by atoms with Gasteiger partial charge in [-0.3, -0.25) is 4.79 Å². The van der Waals surface area contributed by atoms with Crippen molar-refractivity contribution in [3.05, 3.63) is 59.2 Å². The van der Waals surface area contributed by atoms with Gasteiger partial charge in [-0.2, -0.15) is 4.68 Å². The van der Waals surface area contributed by atoms with Gasteiger partial charge >= 0.3 is 0 Å². The molecule has 0 fully saturated rings. The van der Waals surface area contributed by atoms with E-state index in [0.29, 0.717) is 11.2 Å². The maximum Gasteiger partial charge on any atom is 0.237 e. The summed E-state index contributed by atoms with van der Waals surface area (Å²) < 4.78 is 28.3. The minimum Gasteiger partial charge on any atom is -0.323 e. The zero-order valence-corrected chi connectivity index (χ0v) is 15.7. The highest BCUT2D eigenvalue weighted by atomic mass is 32.2. The van der Waals surface area contributed by atoms with Crippen molar-refractivity contribution >= 4 is 23.4 Å². The van der Waals surface area contributed by atoms with E-state index in [0.717, 1.165) is 34.6 Å². The average molecular weight is 389 g/mol. The van der Waals surface area contributed by atoms with Crippen LogP contribution in [-0.4, -0.2) is 31.4 Å². The van der Waals surface area contributed by atoms with Crippen molar-refractivity contribution in [2.24, 2.45) is 0 Å². The molecule has 2 aromatic carbocycles. The number of anilines is 1. The summed E-state index contributed by atoms with van der Waals surface area (Å²) in [7, 11) is 0. The molecule has 1 aromatic heterocycles. The van der Waals surface area contributed by atoms with Crippen LogP contribution >= 0.6 is 11.8 Å². The van der Waals surface area contributed by atoms with Gasteiger partial charge in [0.1, 0.15) is 11.6 Å². The molecule has 9 heteroatoms. The van der Waals surface area contributed by atoms with Gasteiger partial charge in [-0.25, -0.2) is 8.78 Å². The van der Waals surface area contributed by atoms with Crippen LogP contribution < -0.4 is 5.32 Å². The Morgan fingerprint density at radius 1 is 1.22 bits per heavy atom. The number of halogens is 2. The fourth-order valence-corrected chi connectivity index (χ4v) is 3.21. The van der Waals surface area contributed by atoms with Gasteiger partial charge in [-0.1, -0.05) is 23.9 Å². The summed E-state index contributed by atoms with van der Waals surface area (Å²) in [6, 6.07) is 8.76. The summed E-state index contributed by atoms with van der Waals surface area (Å²) in [5, 5.41) is 14.0. The lowest BCUT2D eigenvalue weighted by molar-refractivity contribution is -0.115. The van der Waals surface area contributed by atoms with Gasteiger partial charge < -0.3 is 5.32 Å². The SMILES string of the molecule is Cc1cccc(-n2nnnc2SC(C)C(=O)Nc2ccc(F)cc2F)c1C. The zero-order valence-electron chi connectivity index (χ0n) is 14.9. The highest BCUT2D eigenvalue weighted by molar-refractivity contribution is 8.00. The van der Waals surface area contributed by atoms with Crippen molar-refractivity contribution in [2.75, 3.05) is 5.32 Å². The highest BCUT2D eigenvalue weighted by Crippen LogP contribution is 2.26. The second-order valence-electron chi connectivity index (χ2n) is 5.97. The van der Waals surface area contributed by atoms with E-state index in [1.807, 2.05) is 32.0 Å². The minimum atomic E-state index is -0.833. The Balaban J connectivity index is 1.77. The van der Waals surface area contributed by atoms with Crippen molar-refractivity contribution in [1.82, 2.24) is 20.2 Å².